The number of nitrogens with one attached hydrogen (secondary N) is 1. The highest BCUT2D eigenvalue weighted by Crippen LogP contribution is 2.36. The highest BCUT2D eigenvalue weighted by Gasteiger charge is 2.27. The zero-order chi connectivity index (χ0) is 17.9. The molecule has 4 rings (SSSR count). The van der Waals surface area contributed by atoms with Gasteiger partial charge in [-0.2, -0.15) is 5.10 Å². The van der Waals surface area contributed by atoms with Gasteiger partial charge in [-0.25, -0.2) is 0 Å². The largest absolute Gasteiger partial charge is 0.497 e. The van der Waals surface area contributed by atoms with Gasteiger partial charge in [0.15, 0.2) is 5.76 Å². The Kier molecular flexibility index (Phi) is 4.67. The number of likely N-dealkylation sites (tertiary alicyclic amines) is 1. The average molecular weight is 353 g/mol. The Labute approximate surface area is 152 Å². The fraction of sp³-hybridized carbons (Fsp3) is 0.350. The highest BCUT2D eigenvalue weighted by atomic mass is 16.5. The van der Waals surface area contributed by atoms with Gasteiger partial charge < -0.3 is 13.9 Å². The molecule has 1 atom stereocenters. The van der Waals surface area contributed by atoms with Gasteiger partial charge in [-0.3, -0.25) is 10.00 Å². The van der Waals surface area contributed by atoms with Gasteiger partial charge in [-0.05, 0) is 49.4 Å². The first-order chi connectivity index (χ1) is 12.8. The lowest BCUT2D eigenvalue weighted by atomic mass is 9.97. The fourth-order valence-corrected chi connectivity index (χ4v) is 3.61. The summed E-state index contributed by atoms with van der Waals surface area (Å²) in [7, 11) is 3.42. The molecule has 136 valence electrons. The van der Waals surface area contributed by atoms with E-state index >= 15 is 0 Å². The maximum atomic E-state index is 5.95. The highest BCUT2D eigenvalue weighted by molar-refractivity contribution is 5.51. The quantitative estimate of drug-likeness (QED) is 0.732. The summed E-state index contributed by atoms with van der Waals surface area (Å²) in [6.07, 6.45) is 2.82. The normalized spacial score (nSPS) is 17.5. The van der Waals surface area contributed by atoms with Crippen LogP contribution in [-0.2, 0) is 6.54 Å². The maximum Gasteiger partial charge on any atom is 0.152 e. The van der Waals surface area contributed by atoms with E-state index in [4.69, 9.17) is 13.9 Å². The van der Waals surface area contributed by atoms with E-state index in [9.17, 15) is 0 Å². The van der Waals surface area contributed by atoms with Crippen LogP contribution in [0.1, 0.15) is 23.7 Å². The molecular weight excluding hydrogens is 330 g/mol. The van der Waals surface area contributed by atoms with Crippen molar-refractivity contribution >= 4 is 0 Å². The third-order valence-corrected chi connectivity index (χ3v) is 4.96. The van der Waals surface area contributed by atoms with Crippen molar-refractivity contribution in [3.8, 4) is 23.0 Å². The Hall–Kier alpha value is -2.73. The van der Waals surface area contributed by atoms with Crippen molar-refractivity contribution in [1.82, 2.24) is 15.1 Å². The van der Waals surface area contributed by atoms with E-state index in [1.165, 1.54) is 5.56 Å². The van der Waals surface area contributed by atoms with E-state index < -0.39 is 0 Å². The van der Waals surface area contributed by atoms with Crippen molar-refractivity contribution in [1.29, 1.82) is 0 Å². The van der Waals surface area contributed by atoms with Crippen LogP contribution in [0.15, 0.2) is 47.0 Å². The zero-order valence-electron chi connectivity index (χ0n) is 15.1. The topological polar surface area (TPSA) is 63.5 Å². The van der Waals surface area contributed by atoms with Crippen molar-refractivity contribution in [3.05, 3.63) is 53.9 Å². The van der Waals surface area contributed by atoms with Gasteiger partial charge in [0.1, 0.15) is 23.0 Å². The third-order valence-electron chi connectivity index (χ3n) is 4.96. The standard InChI is InChI=1S/C20H23N3O3/c1-24-15-3-5-19(25-2)17(11-15)14-8-10-23(12-14)13-16-4-6-20(26-16)18-7-9-21-22-18/h3-7,9,11,14H,8,10,12-13H2,1-2H3,(H,21,22)/t14-/m1/s1. The first-order valence-electron chi connectivity index (χ1n) is 8.79. The monoisotopic (exact) mass is 353 g/mol. The van der Waals surface area contributed by atoms with Gasteiger partial charge in [0.05, 0.1) is 20.8 Å². The first-order valence-corrected chi connectivity index (χ1v) is 8.79. The number of H-pyrrole nitrogens is 1. The molecule has 1 aromatic carbocycles. The summed E-state index contributed by atoms with van der Waals surface area (Å²) in [5.74, 6) is 4.02. The number of nitrogens with zero attached hydrogens (tertiary/aromatic N) is 2. The molecule has 0 amide bonds. The van der Waals surface area contributed by atoms with Crippen LogP contribution in [0.4, 0.5) is 0 Å². The molecule has 1 fully saturated rings. The molecule has 0 aliphatic carbocycles. The molecule has 2 aromatic heterocycles. The smallest absolute Gasteiger partial charge is 0.152 e. The van der Waals surface area contributed by atoms with Gasteiger partial charge in [0.2, 0.25) is 0 Å². The van der Waals surface area contributed by atoms with Gasteiger partial charge >= 0.3 is 0 Å². The number of benzene rings is 1. The Bertz CT molecular complexity index is 857. The second kappa shape index (κ2) is 7.25. The van der Waals surface area contributed by atoms with E-state index in [1.54, 1.807) is 20.4 Å². The van der Waals surface area contributed by atoms with E-state index in [0.717, 1.165) is 54.8 Å². The molecule has 1 N–H and O–H groups in total. The summed E-state index contributed by atoms with van der Waals surface area (Å²) in [6, 6.07) is 12.0. The number of aromatic nitrogens is 2. The lowest BCUT2D eigenvalue weighted by Crippen LogP contribution is -2.19. The Balaban J connectivity index is 1.44. The Morgan fingerprint density at radius 1 is 1.19 bits per heavy atom. The average Bonchev–Trinajstić information content (AvgIpc) is 3.42. The van der Waals surface area contributed by atoms with E-state index in [1.807, 2.05) is 30.3 Å². The van der Waals surface area contributed by atoms with Crippen molar-refractivity contribution < 1.29 is 13.9 Å². The maximum absolute atomic E-state index is 5.95. The number of furan rings is 1. The van der Waals surface area contributed by atoms with Crippen molar-refractivity contribution in [3.63, 3.8) is 0 Å². The number of methoxy groups -OCH3 is 2. The molecular formula is C20H23N3O3. The van der Waals surface area contributed by atoms with E-state index in [2.05, 4.69) is 21.2 Å². The predicted octanol–water partition coefficient (Wildman–Crippen LogP) is 3.68. The molecule has 0 spiro atoms. The second-order valence-corrected chi connectivity index (χ2v) is 6.56. The van der Waals surface area contributed by atoms with Crippen LogP contribution in [0.25, 0.3) is 11.5 Å². The van der Waals surface area contributed by atoms with Crippen molar-refractivity contribution in [2.24, 2.45) is 0 Å². The lowest BCUT2D eigenvalue weighted by Gasteiger charge is -2.17. The molecule has 6 nitrogen and oxygen atoms in total. The minimum absolute atomic E-state index is 0.432. The van der Waals surface area contributed by atoms with Crippen molar-refractivity contribution in [2.75, 3.05) is 27.3 Å². The summed E-state index contributed by atoms with van der Waals surface area (Å²) in [6.45, 7) is 2.81. The van der Waals surface area contributed by atoms with E-state index in [0.29, 0.717) is 5.92 Å². The SMILES string of the molecule is COc1ccc(OC)c([C@@H]2CCN(Cc3ccc(-c4ccn[nH]4)o3)C2)c1. The van der Waals surface area contributed by atoms with Crippen LogP contribution in [0.3, 0.4) is 0 Å². The summed E-state index contributed by atoms with van der Waals surface area (Å²) in [5, 5.41) is 6.90. The second-order valence-electron chi connectivity index (χ2n) is 6.56. The van der Waals surface area contributed by atoms with Crippen LogP contribution in [0.2, 0.25) is 0 Å². The fourth-order valence-electron chi connectivity index (χ4n) is 3.61. The molecule has 1 saturated heterocycles. The summed E-state index contributed by atoms with van der Waals surface area (Å²) in [5.41, 5.74) is 2.11. The van der Waals surface area contributed by atoms with Gasteiger partial charge in [-0.15, -0.1) is 0 Å². The Morgan fingerprint density at radius 3 is 2.88 bits per heavy atom. The molecule has 26 heavy (non-hydrogen) atoms. The summed E-state index contributed by atoms with van der Waals surface area (Å²) >= 11 is 0. The summed E-state index contributed by atoms with van der Waals surface area (Å²) < 4.78 is 16.9. The molecule has 0 unspecified atom stereocenters. The number of rotatable bonds is 6. The molecule has 3 aromatic rings. The molecule has 6 heteroatoms. The minimum Gasteiger partial charge on any atom is -0.497 e. The number of hydrogen-bond acceptors (Lipinski definition) is 5. The minimum atomic E-state index is 0.432. The molecule has 0 saturated carbocycles. The van der Waals surface area contributed by atoms with Crippen LogP contribution in [0, 0.1) is 0 Å². The molecule has 1 aliphatic heterocycles. The van der Waals surface area contributed by atoms with Crippen LogP contribution >= 0.6 is 0 Å². The number of ether oxygens (including phenoxy) is 2. The third kappa shape index (κ3) is 3.32. The van der Waals surface area contributed by atoms with Crippen molar-refractivity contribution in [2.45, 2.75) is 18.9 Å². The van der Waals surface area contributed by atoms with Gasteiger partial charge in [0, 0.05) is 24.2 Å². The van der Waals surface area contributed by atoms with E-state index in [-0.39, 0.29) is 0 Å². The molecule has 1 aliphatic rings. The lowest BCUT2D eigenvalue weighted by molar-refractivity contribution is 0.295. The van der Waals surface area contributed by atoms with Crippen LogP contribution in [-0.4, -0.2) is 42.4 Å². The summed E-state index contributed by atoms with van der Waals surface area (Å²) in [4.78, 5) is 2.42. The van der Waals surface area contributed by atoms with Crippen LogP contribution in [0.5, 0.6) is 11.5 Å². The van der Waals surface area contributed by atoms with Crippen LogP contribution < -0.4 is 9.47 Å². The Morgan fingerprint density at radius 2 is 2.12 bits per heavy atom. The zero-order valence-corrected chi connectivity index (χ0v) is 15.1. The number of hydrogen-bond donors (Lipinski definition) is 1. The first kappa shape index (κ1) is 16.7. The molecule has 0 radical (unpaired) electrons. The molecule has 0 bridgehead atoms. The molecule has 3 heterocycles. The predicted molar refractivity (Wildman–Crippen MR) is 98.5 cm³/mol. The van der Waals surface area contributed by atoms with Gasteiger partial charge in [-0.1, -0.05) is 0 Å². The van der Waals surface area contributed by atoms with Gasteiger partial charge in [0.25, 0.3) is 0 Å². The number of aromatic amines is 1.